The summed E-state index contributed by atoms with van der Waals surface area (Å²) in [5.41, 5.74) is 0.135. The molecule has 35 heavy (non-hydrogen) atoms. The van der Waals surface area contributed by atoms with Gasteiger partial charge in [0, 0.05) is 40.7 Å². The Morgan fingerprint density at radius 2 is 1.83 bits per heavy atom. The van der Waals surface area contributed by atoms with Crippen molar-refractivity contribution in [3.8, 4) is 0 Å². The molecule has 2 fully saturated rings. The molecule has 2 aromatic carbocycles. The number of carboxylic acid groups (broad SMARTS) is 1. The number of hydrogen-bond donors (Lipinski definition) is 2. The Bertz CT molecular complexity index is 1150. The van der Waals surface area contributed by atoms with E-state index in [9.17, 15) is 23.9 Å². The molecule has 6 nitrogen and oxygen atoms in total. The van der Waals surface area contributed by atoms with Crippen molar-refractivity contribution in [3.05, 3.63) is 64.4 Å². The highest BCUT2D eigenvalue weighted by Crippen LogP contribution is 2.54. The molecule has 4 atom stereocenters. The van der Waals surface area contributed by atoms with Gasteiger partial charge >= 0.3 is 5.97 Å². The molecule has 3 aliphatic rings. The number of benzene rings is 2. The number of amides is 1. The first-order chi connectivity index (χ1) is 16.9. The monoisotopic (exact) mass is 498 g/mol. The highest BCUT2D eigenvalue weighted by atomic mass is 35.5. The number of fused-ring (bicyclic) bond motifs is 2. The van der Waals surface area contributed by atoms with E-state index >= 15 is 0 Å². The van der Waals surface area contributed by atoms with Gasteiger partial charge in [0.05, 0.1) is 0 Å². The Morgan fingerprint density at radius 1 is 1.11 bits per heavy atom. The van der Waals surface area contributed by atoms with E-state index in [-0.39, 0.29) is 30.3 Å². The minimum absolute atomic E-state index is 0.0422. The molecule has 8 heteroatoms. The molecule has 184 valence electrons. The summed E-state index contributed by atoms with van der Waals surface area (Å²) in [7, 11) is 0. The topological polar surface area (TPSA) is 86.7 Å². The number of halogens is 2. The fraction of sp³-hybridized carbons (Fsp3) is 0.444. The first-order valence-electron chi connectivity index (χ1n) is 12.2. The third-order valence-electron chi connectivity index (χ3n) is 8.07. The predicted octanol–water partition coefficient (Wildman–Crippen LogP) is 4.95. The average Bonchev–Trinajstić information content (AvgIpc) is 3.28. The van der Waals surface area contributed by atoms with Crippen LogP contribution in [0, 0.1) is 11.7 Å². The number of aldehydes is 1. The Morgan fingerprint density at radius 3 is 2.46 bits per heavy atom. The van der Waals surface area contributed by atoms with Crippen LogP contribution in [0.25, 0.3) is 0 Å². The van der Waals surface area contributed by atoms with Crippen molar-refractivity contribution in [3.63, 3.8) is 0 Å². The lowest BCUT2D eigenvalue weighted by molar-refractivity contribution is -0.149. The maximum Gasteiger partial charge on any atom is 0.325 e. The van der Waals surface area contributed by atoms with E-state index in [1.165, 1.54) is 24.3 Å². The number of carboxylic acids is 1. The molecular formula is C27H28ClFN2O4. The highest BCUT2D eigenvalue weighted by Gasteiger charge is 2.57. The summed E-state index contributed by atoms with van der Waals surface area (Å²) in [6.07, 6.45) is 5.58. The Balaban J connectivity index is 1.67. The van der Waals surface area contributed by atoms with Crippen molar-refractivity contribution in [2.75, 3.05) is 4.90 Å². The minimum Gasteiger partial charge on any atom is -0.480 e. The van der Waals surface area contributed by atoms with Crippen LogP contribution >= 0.6 is 11.6 Å². The summed E-state index contributed by atoms with van der Waals surface area (Å²) < 4.78 is 13.5. The van der Waals surface area contributed by atoms with Gasteiger partial charge in [0.1, 0.15) is 17.6 Å². The number of hydrogen-bond acceptors (Lipinski definition) is 4. The third-order valence-corrected chi connectivity index (χ3v) is 8.31. The molecule has 1 heterocycles. The van der Waals surface area contributed by atoms with Gasteiger partial charge in [0.2, 0.25) is 0 Å². The van der Waals surface area contributed by atoms with Crippen LogP contribution in [0.1, 0.15) is 66.8 Å². The highest BCUT2D eigenvalue weighted by molar-refractivity contribution is 6.31. The third kappa shape index (κ3) is 4.04. The zero-order chi connectivity index (χ0) is 24.7. The van der Waals surface area contributed by atoms with Crippen LogP contribution in [0.2, 0.25) is 5.02 Å². The second kappa shape index (κ2) is 9.36. The van der Waals surface area contributed by atoms with Gasteiger partial charge in [0.25, 0.3) is 5.91 Å². The van der Waals surface area contributed by atoms with E-state index in [0.29, 0.717) is 34.5 Å². The van der Waals surface area contributed by atoms with Crippen LogP contribution in [0.5, 0.6) is 0 Å². The maximum absolute atomic E-state index is 13.7. The quantitative estimate of drug-likeness (QED) is 0.528. The number of carbonyl (C=O) groups excluding carboxylic acids is 2. The second-order valence-corrected chi connectivity index (χ2v) is 10.4. The zero-order valence-electron chi connectivity index (χ0n) is 19.3. The molecule has 0 aromatic heterocycles. The molecule has 0 radical (unpaired) electrons. The fourth-order valence-electron chi connectivity index (χ4n) is 6.30. The summed E-state index contributed by atoms with van der Waals surface area (Å²) >= 11 is 6.38. The molecule has 0 bridgehead atoms. The van der Waals surface area contributed by atoms with E-state index in [1.54, 1.807) is 23.1 Å². The van der Waals surface area contributed by atoms with E-state index < -0.39 is 23.2 Å². The summed E-state index contributed by atoms with van der Waals surface area (Å²) in [4.78, 5) is 40.3. The molecule has 1 aliphatic heterocycles. The lowest BCUT2D eigenvalue weighted by atomic mass is 9.65. The zero-order valence-corrected chi connectivity index (χ0v) is 20.0. The van der Waals surface area contributed by atoms with Crippen LogP contribution in [-0.4, -0.2) is 40.9 Å². The normalized spacial score (nSPS) is 25.2. The van der Waals surface area contributed by atoms with Gasteiger partial charge in [-0.1, -0.05) is 30.5 Å². The average molecular weight is 499 g/mol. The number of nitrogens with one attached hydrogen (secondary N) is 1. The number of aliphatic carboxylic acids is 1. The van der Waals surface area contributed by atoms with Crippen LogP contribution in [-0.2, 0) is 9.59 Å². The van der Waals surface area contributed by atoms with Gasteiger partial charge in [-0.15, -0.1) is 0 Å². The van der Waals surface area contributed by atoms with Gasteiger partial charge in [-0.05, 0) is 73.6 Å². The van der Waals surface area contributed by atoms with Gasteiger partial charge < -0.3 is 14.8 Å². The fourth-order valence-corrected chi connectivity index (χ4v) is 6.47. The van der Waals surface area contributed by atoms with Crippen LogP contribution in [0.3, 0.4) is 0 Å². The van der Waals surface area contributed by atoms with E-state index in [1.807, 2.05) is 0 Å². The molecule has 2 saturated carbocycles. The van der Waals surface area contributed by atoms with Crippen LogP contribution in [0.15, 0.2) is 42.5 Å². The number of carbonyl (C=O) groups is 3. The van der Waals surface area contributed by atoms with E-state index in [2.05, 4.69) is 5.32 Å². The molecule has 0 spiro atoms. The first-order valence-corrected chi connectivity index (χ1v) is 12.6. The molecule has 2 N–H and O–H groups in total. The molecule has 1 amide bonds. The van der Waals surface area contributed by atoms with Gasteiger partial charge in [-0.2, -0.15) is 0 Å². The minimum atomic E-state index is -1.48. The lowest BCUT2D eigenvalue weighted by Gasteiger charge is -2.51. The van der Waals surface area contributed by atoms with Crippen molar-refractivity contribution in [1.82, 2.24) is 5.32 Å². The lowest BCUT2D eigenvalue weighted by Crippen LogP contribution is -2.65. The maximum atomic E-state index is 13.7. The molecule has 2 aromatic rings. The molecule has 4 unspecified atom stereocenters. The number of rotatable bonds is 7. The Kier molecular flexibility index (Phi) is 6.40. The largest absolute Gasteiger partial charge is 0.480 e. The van der Waals surface area contributed by atoms with Crippen LogP contribution < -0.4 is 10.2 Å². The standard InChI is InChI=1S/C27H28ClFN2O4/c28-17-9-12-21-23(15-17)31(25(33)16-7-10-18(29)11-8-16)22-6-2-5-20(22)24(21)27(13-14-32,26(34)35)30-19-3-1-4-19/h7-12,14-15,19-20,22,24,30H,1-6,13H2,(H,34,35). The van der Waals surface area contributed by atoms with Crippen molar-refractivity contribution in [1.29, 1.82) is 0 Å². The summed E-state index contributed by atoms with van der Waals surface area (Å²) in [6, 6.07) is 10.4. The van der Waals surface area contributed by atoms with Crippen molar-refractivity contribution in [2.24, 2.45) is 5.92 Å². The molecule has 0 saturated heterocycles. The van der Waals surface area contributed by atoms with E-state index in [4.69, 9.17) is 11.6 Å². The Hall–Kier alpha value is -2.77. The molecule has 5 rings (SSSR count). The summed E-state index contributed by atoms with van der Waals surface area (Å²) in [5, 5.41) is 14.4. The Labute approximate surface area is 208 Å². The second-order valence-electron chi connectivity index (χ2n) is 9.94. The van der Waals surface area contributed by atoms with E-state index in [0.717, 1.165) is 32.1 Å². The van der Waals surface area contributed by atoms with Gasteiger partial charge in [-0.3, -0.25) is 14.9 Å². The number of anilines is 1. The van der Waals surface area contributed by atoms with Gasteiger partial charge in [-0.25, -0.2) is 4.39 Å². The summed E-state index contributed by atoms with van der Waals surface area (Å²) in [5.74, 6) is -2.41. The summed E-state index contributed by atoms with van der Waals surface area (Å²) in [6.45, 7) is 0. The SMILES string of the molecule is O=CCC(NC1CCC1)(C(=O)O)C1c2ccc(Cl)cc2N(C(=O)c2ccc(F)cc2)C2CCCC21. The van der Waals surface area contributed by atoms with Crippen molar-refractivity contribution >= 4 is 35.5 Å². The molecule has 2 aliphatic carbocycles. The number of nitrogens with zero attached hydrogens (tertiary/aromatic N) is 1. The van der Waals surface area contributed by atoms with Gasteiger partial charge in [0.15, 0.2) is 0 Å². The first kappa shape index (κ1) is 23.9. The van der Waals surface area contributed by atoms with Crippen molar-refractivity contribution < 1.29 is 23.9 Å². The van der Waals surface area contributed by atoms with Crippen LogP contribution in [0.4, 0.5) is 10.1 Å². The molecular weight excluding hydrogens is 471 g/mol. The smallest absolute Gasteiger partial charge is 0.325 e. The predicted molar refractivity (Wildman–Crippen MR) is 130 cm³/mol. The van der Waals surface area contributed by atoms with Crippen molar-refractivity contribution in [2.45, 2.75) is 68.5 Å².